The van der Waals surface area contributed by atoms with Crippen LogP contribution in [0.3, 0.4) is 0 Å². The average molecular weight is 301 g/mol. The van der Waals surface area contributed by atoms with E-state index >= 15 is 0 Å². The zero-order valence-electron chi connectivity index (χ0n) is 13.7. The van der Waals surface area contributed by atoms with Crippen molar-refractivity contribution in [3.8, 4) is 0 Å². The van der Waals surface area contributed by atoms with E-state index in [1.54, 1.807) is 13.8 Å². The first-order chi connectivity index (χ1) is 10.2. The minimum absolute atomic E-state index is 0.114. The van der Waals surface area contributed by atoms with Crippen LogP contribution < -0.4 is 11.1 Å². The molecule has 1 amide bonds. The molecule has 0 saturated heterocycles. The number of rotatable bonds is 4. The van der Waals surface area contributed by atoms with Crippen molar-refractivity contribution in [2.45, 2.75) is 46.2 Å². The normalized spacial score (nSPS) is 13.0. The molecular formula is C17H23N3O2. The Morgan fingerprint density at radius 1 is 1.32 bits per heavy atom. The van der Waals surface area contributed by atoms with Gasteiger partial charge in [-0.2, -0.15) is 0 Å². The molecule has 0 aliphatic carbocycles. The molecule has 1 heterocycles. The van der Waals surface area contributed by atoms with Gasteiger partial charge in [-0.3, -0.25) is 4.79 Å². The second-order valence-electron chi connectivity index (χ2n) is 6.30. The summed E-state index contributed by atoms with van der Waals surface area (Å²) in [5.74, 6) is -0.232. The second kappa shape index (κ2) is 5.93. The van der Waals surface area contributed by atoms with Crippen molar-refractivity contribution in [1.29, 1.82) is 0 Å². The molecule has 118 valence electrons. The Balaban J connectivity index is 2.25. The molecule has 3 N–H and O–H groups in total. The topological polar surface area (TPSA) is 81.2 Å². The molecule has 2 rings (SSSR count). The van der Waals surface area contributed by atoms with Gasteiger partial charge in [-0.1, -0.05) is 23.4 Å². The van der Waals surface area contributed by atoms with Gasteiger partial charge in [0, 0.05) is 0 Å². The van der Waals surface area contributed by atoms with Gasteiger partial charge in [-0.25, -0.2) is 0 Å². The number of benzene rings is 1. The monoisotopic (exact) mass is 301 g/mol. The third-order valence-corrected chi connectivity index (χ3v) is 3.75. The summed E-state index contributed by atoms with van der Waals surface area (Å²) in [5, 5.41) is 6.86. The van der Waals surface area contributed by atoms with E-state index in [0.717, 1.165) is 16.7 Å². The van der Waals surface area contributed by atoms with E-state index in [1.165, 1.54) is 6.26 Å². The van der Waals surface area contributed by atoms with Gasteiger partial charge in [0.1, 0.15) is 17.5 Å². The first-order valence-corrected chi connectivity index (χ1v) is 7.32. The predicted molar refractivity (Wildman–Crippen MR) is 85.5 cm³/mol. The lowest BCUT2D eigenvalue weighted by Crippen LogP contribution is -2.34. The van der Waals surface area contributed by atoms with Crippen molar-refractivity contribution in [1.82, 2.24) is 10.5 Å². The van der Waals surface area contributed by atoms with E-state index in [2.05, 4.69) is 10.5 Å². The van der Waals surface area contributed by atoms with Crippen LogP contribution in [0, 0.1) is 13.8 Å². The number of aryl methyl sites for hydroxylation is 2. The van der Waals surface area contributed by atoms with Crippen molar-refractivity contribution >= 4 is 5.91 Å². The second-order valence-corrected chi connectivity index (χ2v) is 6.30. The van der Waals surface area contributed by atoms with E-state index in [0.29, 0.717) is 11.3 Å². The Morgan fingerprint density at radius 3 is 2.45 bits per heavy atom. The lowest BCUT2D eigenvalue weighted by atomic mass is 9.96. The Bertz CT molecular complexity index is 663. The number of carbonyl (C=O) groups excluding carboxylic acids is 1. The fourth-order valence-electron chi connectivity index (χ4n) is 2.72. The molecule has 0 bridgehead atoms. The highest BCUT2D eigenvalue weighted by molar-refractivity contribution is 5.95. The Kier molecular flexibility index (Phi) is 4.37. The third-order valence-electron chi connectivity index (χ3n) is 3.75. The number of aromatic nitrogens is 1. The largest absolute Gasteiger partial charge is 0.364 e. The number of hydrogen-bond donors (Lipinski definition) is 2. The molecule has 0 aliphatic heterocycles. The number of amides is 1. The van der Waals surface area contributed by atoms with E-state index in [4.69, 9.17) is 10.3 Å². The molecule has 0 radical (unpaired) electrons. The van der Waals surface area contributed by atoms with Gasteiger partial charge in [0.25, 0.3) is 5.91 Å². The van der Waals surface area contributed by atoms with Crippen molar-refractivity contribution in [3.05, 3.63) is 52.4 Å². The van der Waals surface area contributed by atoms with Crippen LogP contribution >= 0.6 is 0 Å². The Hall–Kier alpha value is -2.14. The van der Waals surface area contributed by atoms with Crippen LogP contribution in [0.5, 0.6) is 0 Å². The smallest absolute Gasteiger partial charge is 0.257 e. The van der Waals surface area contributed by atoms with Gasteiger partial charge in [0.15, 0.2) is 0 Å². The van der Waals surface area contributed by atoms with Crippen LogP contribution in [-0.2, 0) is 5.54 Å². The highest BCUT2D eigenvalue weighted by Crippen LogP contribution is 2.24. The van der Waals surface area contributed by atoms with Gasteiger partial charge in [0.05, 0.1) is 11.6 Å². The summed E-state index contributed by atoms with van der Waals surface area (Å²) >= 11 is 0. The van der Waals surface area contributed by atoms with E-state index in [-0.39, 0.29) is 11.9 Å². The molecule has 2 aromatic rings. The maximum absolute atomic E-state index is 12.5. The molecule has 5 nitrogen and oxygen atoms in total. The molecule has 0 aliphatic rings. The van der Waals surface area contributed by atoms with Crippen LogP contribution in [0.25, 0.3) is 0 Å². The molecule has 22 heavy (non-hydrogen) atoms. The molecule has 0 spiro atoms. The molecule has 0 saturated carbocycles. The number of nitrogens with zero attached hydrogens (tertiary/aromatic N) is 1. The van der Waals surface area contributed by atoms with Gasteiger partial charge >= 0.3 is 0 Å². The fourth-order valence-corrected chi connectivity index (χ4v) is 2.72. The number of carbonyl (C=O) groups is 1. The number of hydrogen-bond acceptors (Lipinski definition) is 4. The SMILES string of the molecule is Cc1cccc(C)c1C(C)NC(=O)c1conc1C(C)(C)N. The predicted octanol–water partition coefficient (Wildman–Crippen LogP) is 2.98. The van der Waals surface area contributed by atoms with E-state index in [1.807, 2.05) is 39.0 Å². The van der Waals surface area contributed by atoms with E-state index < -0.39 is 5.54 Å². The van der Waals surface area contributed by atoms with Crippen LogP contribution in [0.2, 0.25) is 0 Å². The summed E-state index contributed by atoms with van der Waals surface area (Å²) in [6, 6.07) is 5.98. The molecule has 1 aromatic heterocycles. The molecule has 1 atom stereocenters. The summed E-state index contributed by atoms with van der Waals surface area (Å²) < 4.78 is 4.94. The average Bonchev–Trinajstić information content (AvgIpc) is 2.87. The summed E-state index contributed by atoms with van der Waals surface area (Å²) in [7, 11) is 0. The lowest BCUT2D eigenvalue weighted by molar-refractivity contribution is 0.0937. The summed E-state index contributed by atoms with van der Waals surface area (Å²) in [5.41, 5.74) is 9.56. The van der Waals surface area contributed by atoms with Crippen molar-refractivity contribution in [2.24, 2.45) is 5.73 Å². The lowest BCUT2D eigenvalue weighted by Gasteiger charge is -2.20. The minimum atomic E-state index is -0.735. The first kappa shape index (κ1) is 16.2. The van der Waals surface area contributed by atoms with Gasteiger partial charge < -0.3 is 15.6 Å². The Labute approximate surface area is 130 Å². The van der Waals surface area contributed by atoms with Crippen LogP contribution in [0.1, 0.15) is 59.6 Å². The maximum atomic E-state index is 12.5. The molecular weight excluding hydrogens is 278 g/mol. The van der Waals surface area contributed by atoms with E-state index in [9.17, 15) is 4.79 Å². The molecule has 1 unspecified atom stereocenters. The highest BCUT2D eigenvalue weighted by atomic mass is 16.5. The van der Waals surface area contributed by atoms with Gasteiger partial charge in [-0.05, 0) is 51.3 Å². The maximum Gasteiger partial charge on any atom is 0.257 e. The highest BCUT2D eigenvalue weighted by Gasteiger charge is 2.27. The number of nitrogens with one attached hydrogen (secondary N) is 1. The molecule has 5 heteroatoms. The van der Waals surface area contributed by atoms with Crippen molar-refractivity contribution in [3.63, 3.8) is 0 Å². The summed E-state index contributed by atoms with van der Waals surface area (Å²) in [4.78, 5) is 12.5. The fraction of sp³-hybridized carbons (Fsp3) is 0.412. The minimum Gasteiger partial charge on any atom is -0.364 e. The molecule has 0 fully saturated rings. The Morgan fingerprint density at radius 2 is 1.91 bits per heavy atom. The van der Waals surface area contributed by atoms with Gasteiger partial charge in [0.2, 0.25) is 0 Å². The third kappa shape index (κ3) is 3.20. The standard InChI is InChI=1S/C17H23N3O2/c1-10-7-6-8-11(2)14(10)12(3)19-16(21)13-9-22-20-15(13)17(4,5)18/h6-9,12H,18H2,1-5H3,(H,19,21). The van der Waals surface area contributed by atoms with Crippen LogP contribution in [0.4, 0.5) is 0 Å². The van der Waals surface area contributed by atoms with Crippen molar-refractivity contribution in [2.75, 3.05) is 0 Å². The molecule has 1 aromatic carbocycles. The van der Waals surface area contributed by atoms with Crippen LogP contribution in [0.15, 0.2) is 29.0 Å². The zero-order valence-corrected chi connectivity index (χ0v) is 13.7. The summed E-state index contributed by atoms with van der Waals surface area (Å²) in [6.07, 6.45) is 1.34. The quantitative estimate of drug-likeness (QED) is 0.909. The first-order valence-electron chi connectivity index (χ1n) is 7.32. The van der Waals surface area contributed by atoms with Crippen molar-refractivity contribution < 1.29 is 9.32 Å². The number of nitrogens with two attached hydrogens (primary N) is 1. The zero-order chi connectivity index (χ0) is 16.5. The summed E-state index contributed by atoms with van der Waals surface area (Å²) in [6.45, 7) is 9.62. The van der Waals surface area contributed by atoms with Crippen LogP contribution in [-0.4, -0.2) is 11.1 Å². The van der Waals surface area contributed by atoms with Gasteiger partial charge in [-0.15, -0.1) is 0 Å².